The average molecular weight is 458 g/mol. The lowest BCUT2D eigenvalue weighted by molar-refractivity contribution is -0.119. The van der Waals surface area contributed by atoms with Crippen LogP contribution in [-0.4, -0.2) is 43.3 Å². The number of nitrogens with zero attached hydrogens (tertiary/aromatic N) is 2. The summed E-state index contributed by atoms with van der Waals surface area (Å²) in [6.45, 7) is 5.10. The molecule has 9 heteroatoms. The summed E-state index contributed by atoms with van der Waals surface area (Å²) in [5.41, 5.74) is 3.95. The van der Waals surface area contributed by atoms with E-state index in [0.29, 0.717) is 25.3 Å². The van der Waals surface area contributed by atoms with Crippen molar-refractivity contribution in [2.75, 3.05) is 25.0 Å². The summed E-state index contributed by atoms with van der Waals surface area (Å²) in [7, 11) is -3.68. The number of aromatic nitrogens is 1. The number of hydrogen-bond acceptors (Lipinski definition) is 6. The van der Waals surface area contributed by atoms with Crippen molar-refractivity contribution in [2.45, 2.75) is 30.6 Å². The maximum absolute atomic E-state index is 13.2. The third kappa shape index (κ3) is 3.60. The summed E-state index contributed by atoms with van der Waals surface area (Å²) < 4.78 is 34.6. The molecular formula is C22H23N3O4S2. The summed E-state index contributed by atoms with van der Waals surface area (Å²) in [5, 5.41) is 2.91. The molecule has 1 amide bonds. The van der Waals surface area contributed by atoms with Crippen LogP contribution in [0.25, 0.3) is 10.2 Å². The van der Waals surface area contributed by atoms with Gasteiger partial charge in [0.25, 0.3) is 0 Å². The number of rotatable bonds is 4. The van der Waals surface area contributed by atoms with Crippen LogP contribution in [0.4, 0.5) is 5.69 Å². The molecule has 162 valence electrons. The zero-order valence-electron chi connectivity index (χ0n) is 17.3. The number of anilines is 1. The number of ether oxygens (including phenoxy) is 1. The minimum Gasteiger partial charge on any atom is -0.492 e. The number of thiazole rings is 1. The Balaban J connectivity index is 1.31. The fraction of sp³-hybridized carbons (Fsp3) is 0.364. The number of amides is 1. The Hall–Kier alpha value is -2.49. The second kappa shape index (κ2) is 7.29. The van der Waals surface area contributed by atoms with E-state index in [0.717, 1.165) is 21.5 Å². The Morgan fingerprint density at radius 1 is 1.26 bits per heavy atom. The highest BCUT2D eigenvalue weighted by atomic mass is 32.2. The van der Waals surface area contributed by atoms with E-state index in [9.17, 15) is 13.2 Å². The molecule has 0 radical (unpaired) electrons. The molecule has 0 unspecified atom stereocenters. The summed E-state index contributed by atoms with van der Waals surface area (Å²) in [4.78, 5) is 17.3. The fourth-order valence-corrected chi connectivity index (χ4v) is 6.34. The third-order valence-electron chi connectivity index (χ3n) is 6.03. The van der Waals surface area contributed by atoms with Gasteiger partial charge in [0.2, 0.25) is 15.9 Å². The van der Waals surface area contributed by atoms with Gasteiger partial charge in [-0.2, -0.15) is 4.31 Å². The molecule has 5 rings (SSSR count). The summed E-state index contributed by atoms with van der Waals surface area (Å²) in [6.07, 6.45) is 0.490. The molecule has 1 atom stereocenters. The number of carbonyl (C=O) groups is 1. The van der Waals surface area contributed by atoms with Crippen molar-refractivity contribution in [1.29, 1.82) is 0 Å². The van der Waals surface area contributed by atoms with Crippen LogP contribution in [0.1, 0.15) is 25.8 Å². The van der Waals surface area contributed by atoms with E-state index < -0.39 is 15.9 Å². The molecule has 3 aromatic rings. The molecule has 0 aliphatic carbocycles. The number of carbonyl (C=O) groups excluding carboxylic acids is 1. The molecule has 0 bridgehead atoms. The molecule has 31 heavy (non-hydrogen) atoms. The van der Waals surface area contributed by atoms with Crippen molar-refractivity contribution in [1.82, 2.24) is 9.29 Å². The van der Waals surface area contributed by atoms with Gasteiger partial charge in [0.15, 0.2) is 0 Å². The maximum Gasteiger partial charge on any atom is 0.243 e. The molecule has 2 aliphatic heterocycles. The van der Waals surface area contributed by atoms with Gasteiger partial charge < -0.3 is 10.1 Å². The van der Waals surface area contributed by atoms with E-state index >= 15 is 0 Å². The summed E-state index contributed by atoms with van der Waals surface area (Å²) >= 11 is 1.54. The van der Waals surface area contributed by atoms with E-state index in [1.165, 1.54) is 4.31 Å². The van der Waals surface area contributed by atoms with Gasteiger partial charge in [-0.05, 0) is 42.8 Å². The van der Waals surface area contributed by atoms with Gasteiger partial charge in [-0.15, -0.1) is 11.3 Å². The maximum atomic E-state index is 13.2. The van der Waals surface area contributed by atoms with E-state index in [1.54, 1.807) is 35.0 Å². The zero-order valence-corrected chi connectivity index (χ0v) is 18.9. The SMILES string of the molecule is CC1(C)COc2ccc(S(=O)(=O)N3CC[C@@H](C(=O)Nc4ccc5scnc5c4)C3)cc21. The minimum atomic E-state index is -3.68. The lowest BCUT2D eigenvalue weighted by Crippen LogP contribution is -2.31. The first-order valence-corrected chi connectivity index (χ1v) is 12.5. The van der Waals surface area contributed by atoms with Crippen LogP contribution in [0.5, 0.6) is 5.75 Å². The second-order valence-electron chi connectivity index (χ2n) is 8.70. The van der Waals surface area contributed by atoms with Gasteiger partial charge in [0.05, 0.1) is 33.1 Å². The summed E-state index contributed by atoms with van der Waals surface area (Å²) in [6, 6.07) is 10.6. The van der Waals surface area contributed by atoms with E-state index in [1.807, 2.05) is 32.0 Å². The van der Waals surface area contributed by atoms with Crippen LogP contribution < -0.4 is 10.1 Å². The van der Waals surface area contributed by atoms with Gasteiger partial charge in [-0.3, -0.25) is 4.79 Å². The van der Waals surface area contributed by atoms with E-state index in [4.69, 9.17) is 4.74 Å². The van der Waals surface area contributed by atoms with Crippen molar-refractivity contribution >= 4 is 43.2 Å². The van der Waals surface area contributed by atoms with Crippen LogP contribution >= 0.6 is 11.3 Å². The highest BCUT2D eigenvalue weighted by molar-refractivity contribution is 7.89. The lowest BCUT2D eigenvalue weighted by Gasteiger charge is -2.19. The first-order chi connectivity index (χ1) is 14.7. The van der Waals surface area contributed by atoms with E-state index in [2.05, 4.69) is 10.3 Å². The van der Waals surface area contributed by atoms with Crippen LogP contribution in [0.3, 0.4) is 0 Å². The third-order valence-corrected chi connectivity index (χ3v) is 8.70. The monoisotopic (exact) mass is 457 g/mol. The molecule has 3 heterocycles. The Kier molecular flexibility index (Phi) is 4.80. The Labute approximate surface area is 185 Å². The quantitative estimate of drug-likeness (QED) is 0.647. The molecule has 2 aromatic carbocycles. The molecule has 1 aromatic heterocycles. The highest BCUT2D eigenvalue weighted by Gasteiger charge is 2.38. The first kappa shape index (κ1) is 20.4. The predicted molar refractivity (Wildman–Crippen MR) is 120 cm³/mol. The van der Waals surface area contributed by atoms with Gasteiger partial charge in [-0.25, -0.2) is 13.4 Å². The molecule has 2 aliphatic rings. The van der Waals surface area contributed by atoms with Crippen LogP contribution in [0.2, 0.25) is 0 Å². The molecule has 7 nitrogen and oxygen atoms in total. The normalized spacial score (nSPS) is 20.5. The number of nitrogens with one attached hydrogen (secondary N) is 1. The largest absolute Gasteiger partial charge is 0.492 e. The van der Waals surface area contributed by atoms with Crippen molar-refractivity contribution < 1.29 is 17.9 Å². The summed E-state index contributed by atoms with van der Waals surface area (Å²) in [5.74, 6) is 0.172. The topological polar surface area (TPSA) is 88.6 Å². The van der Waals surface area contributed by atoms with Gasteiger partial charge >= 0.3 is 0 Å². The van der Waals surface area contributed by atoms with Crippen molar-refractivity contribution in [3.8, 4) is 5.75 Å². The number of hydrogen-bond donors (Lipinski definition) is 1. The first-order valence-electron chi connectivity index (χ1n) is 10.2. The number of sulfonamides is 1. The second-order valence-corrected chi connectivity index (χ2v) is 11.5. The molecule has 0 saturated carbocycles. The Morgan fingerprint density at radius 3 is 2.94 bits per heavy atom. The van der Waals surface area contributed by atoms with Crippen molar-refractivity contribution in [3.05, 3.63) is 47.5 Å². The fourth-order valence-electron chi connectivity index (χ4n) is 4.15. The standard InChI is InChI=1S/C22H23N3O4S2/c1-22(2)12-29-19-5-4-16(10-17(19)22)31(27,28)25-8-7-14(11-25)21(26)24-15-3-6-20-18(9-15)23-13-30-20/h3-6,9-10,13-14H,7-8,11-12H2,1-2H3,(H,24,26)/t14-/m1/s1. The Morgan fingerprint density at radius 2 is 2.10 bits per heavy atom. The van der Waals surface area contributed by atoms with Crippen molar-refractivity contribution in [3.63, 3.8) is 0 Å². The number of benzene rings is 2. The van der Waals surface area contributed by atoms with E-state index in [-0.39, 0.29) is 22.8 Å². The van der Waals surface area contributed by atoms with Crippen LogP contribution in [0.15, 0.2) is 46.8 Å². The Bertz CT molecular complexity index is 1280. The van der Waals surface area contributed by atoms with Crippen LogP contribution in [-0.2, 0) is 20.2 Å². The zero-order chi connectivity index (χ0) is 21.8. The lowest BCUT2D eigenvalue weighted by atomic mass is 9.87. The minimum absolute atomic E-state index is 0.171. The molecule has 0 spiro atoms. The molecule has 1 N–H and O–H groups in total. The molecule has 1 fully saturated rings. The highest BCUT2D eigenvalue weighted by Crippen LogP contribution is 2.40. The van der Waals surface area contributed by atoms with Gasteiger partial charge in [0, 0.05) is 29.8 Å². The average Bonchev–Trinajstić information content (AvgIpc) is 3.46. The molecular weight excluding hydrogens is 434 g/mol. The van der Waals surface area contributed by atoms with Crippen LogP contribution in [0, 0.1) is 5.92 Å². The number of fused-ring (bicyclic) bond motifs is 2. The molecule has 1 saturated heterocycles. The van der Waals surface area contributed by atoms with Crippen molar-refractivity contribution in [2.24, 2.45) is 5.92 Å². The van der Waals surface area contributed by atoms with Gasteiger partial charge in [0.1, 0.15) is 5.75 Å². The predicted octanol–water partition coefficient (Wildman–Crippen LogP) is 3.62. The van der Waals surface area contributed by atoms with Gasteiger partial charge in [-0.1, -0.05) is 13.8 Å². The smallest absolute Gasteiger partial charge is 0.243 e.